The molecular formula is C23H16F4O. The molecule has 3 aromatic carbocycles. The van der Waals surface area contributed by atoms with Crippen LogP contribution in [0.15, 0.2) is 60.7 Å². The van der Waals surface area contributed by atoms with Gasteiger partial charge < -0.3 is 0 Å². The van der Waals surface area contributed by atoms with Crippen molar-refractivity contribution in [1.82, 2.24) is 0 Å². The van der Waals surface area contributed by atoms with Crippen molar-refractivity contribution in [1.29, 1.82) is 0 Å². The van der Waals surface area contributed by atoms with Crippen molar-refractivity contribution in [3.8, 4) is 11.1 Å². The zero-order chi connectivity index (χ0) is 20.3. The van der Waals surface area contributed by atoms with E-state index in [4.69, 9.17) is 0 Å². The van der Waals surface area contributed by atoms with Crippen molar-refractivity contribution in [2.45, 2.75) is 13.1 Å². The summed E-state index contributed by atoms with van der Waals surface area (Å²) >= 11 is 0. The summed E-state index contributed by atoms with van der Waals surface area (Å²) in [5.74, 6) is -0.371. The maximum atomic E-state index is 14.1. The Balaban J connectivity index is 2.06. The minimum Gasteiger partial charge on any atom is -0.298 e. The molecule has 0 fully saturated rings. The van der Waals surface area contributed by atoms with Gasteiger partial charge in [-0.15, -0.1) is 0 Å². The smallest absolute Gasteiger partial charge is 0.298 e. The van der Waals surface area contributed by atoms with Gasteiger partial charge in [0.1, 0.15) is 12.1 Å². The molecule has 0 amide bonds. The lowest BCUT2D eigenvalue weighted by Gasteiger charge is -2.12. The van der Waals surface area contributed by atoms with Crippen LogP contribution in [0.3, 0.4) is 0 Å². The normalized spacial score (nSPS) is 11.8. The molecule has 0 aromatic heterocycles. The van der Waals surface area contributed by atoms with Crippen LogP contribution in [-0.4, -0.2) is 6.29 Å². The van der Waals surface area contributed by atoms with Crippen LogP contribution in [0.2, 0.25) is 0 Å². The molecule has 28 heavy (non-hydrogen) atoms. The maximum absolute atomic E-state index is 14.1. The van der Waals surface area contributed by atoms with Gasteiger partial charge in [-0.05, 0) is 47.4 Å². The van der Waals surface area contributed by atoms with Crippen LogP contribution in [0.1, 0.15) is 32.6 Å². The van der Waals surface area contributed by atoms with E-state index in [-0.39, 0.29) is 16.9 Å². The monoisotopic (exact) mass is 384 g/mol. The number of aldehydes is 1. The summed E-state index contributed by atoms with van der Waals surface area (Å²) in [5, 5.41) is 0. The van der Waals surface area contributed by atoms with E-state index >= 15 is 0 Å². The first-order chi connectivity index (χ1) is 13.3. The topological polar surface area (TPSA) is 17.1 Å². The van der Waals surface area contributed by atoms with Gasteiger partial charge in [0.2, 0.25) is 0 Å². The predicted octanol–water partition coefficient (Wildman–Crippen LogP) is 6.80. The summed E-state index contributed by atoms with van der Waals surface area (Å²) in [4.78, 5) is 10.9. The lowest BCUT2D eigenvalue weighted by molar-refractivity contribution is -0.137. The van der Waals surface area contributed by atoms with E-state index in [0.717, 1.165) is 17.7 Å². The second-order valence-corrected chi connectivity index (χ2v) is 6.30. The Hall–Kier alpha value is -3.21. The fourth-order valence-corrected chi connectivity index (χ4v) is 3.04. The van der Waals surface area contributed by atoms with Crippen LogP contribution in [0.25, 0.3) is 23.3 Å². The fourth-order valence-electron chi connectivity index (χ4n) is 3.04. The highest BCUT2D eigenvalue weighted by atomic mass is 19.4. The van der Waals surface area contributed by atoms with Gasteiger partial charge in [0.15, 0.2) is 0 Å². The Morgan fingerprint density at radius 2 is 1.50 bits per heavy atom. The molecule has 3 rings (SSSR count). The van der Waals surface area contributed by atoms with E-state index in [2.05, 4.69) is 0 Å². The van der Waals surface area contributed by atoms with Crippen LogP contribution in [0, 0.1) is 12.7 Å². The highest BCUT2D eigenvalue weighted by molar-refractivity contribution is 5.81. The van der Waals surface area contributed by atoms with Crippen molar-refractivity contribution in [3.63, 3.8) is 0 Å². The highest BCUT2D eigenvalue weighted by Crippen LogP contribution is 2.34. The minimum absolute atomic E-state index is 0.104. The standard InChI is InChI=1S/C23H16F4O/c1-15-17(5-4-7-19(15)20-6-2-3-8-22(20)24)10-11-18-13-16(14-28)9-12-21(18)23(25,26)27/h2-14H,1H3/b11-10+. The second kappa shape index (κ2) is 7.80. The molecule has 0 unspecified atom stereocenters. The number of halogens is 4. The van der Waals surface area contributed by atoms with Crippen LogP contribution in [0.5, 0.6) is 0 Å². The van der Waals surface area contributed by atoms with Crippen LogP contribution < -0.4 is 0 Å². The SMILES string of the molecule is Cc1c(/C=C/c2cc(C=O)ccc2C(F)(F)F)cccc1-c1ccccc1F. The number of carbonyl (C=O) groups is 1. The average molecular weight is 384 g/mol. The quantitative estimate of drug-likeness (QED) is 0.275. The van der Waals surface area contributed by atoms with Crippen LogP contribution in [0.4, 0.5) is 17.6 Å². The summed E-state index contributed by atoms with van der Waals surface area (Å²) in [6, 6.07) is 14.8. The van der Waals surface area contributed by atoms with Crippen LogP contribution >= 0.6 is 0 Å². The van der Waals surface area contributed by atoms with Gasteiger partial charge in [-0.3, -0.25) is 4.79 Å². The Bertz CT molecular complexity index is 1050. The predicted molar refractivity (Wildman–Crippen MR) is 102 cm³/mol. The second-order valence-electron chi connectivity index (χ2n) is 6.30. The average Bonchev–Trinajstić information content (AvgIpc) is 2.67. The fraction of sp³-hybridized carbons (Fsp3) is 0.0870. The van der Waals surface area contributed by atoms with Crippen molar-refractivity contribution >= 4 is 18.4 Å². The van der Waals surface area contributed by atoms with Gasteiger partial charge in [-0.25, -0.2) is 4.39 Å². The lowest BCUT2D eigenvalue weighted by Crippen LogP contribution is -2.07. The van der Waals surface area contributed by atoms with E-state index in [1.807, 2.05) is 0 Å². The number of carbonyl (C=O) groups excluding carboxylic acids is 1. The molecule has 0 N–H and O–H groups in total. The molecule has 1 nitrogen and oxygen atoms in total. The largest absolute Gasteiger partial charge is 0.416 e. The molecule has 0 aliphatic rings. The van der Waals surface area contributed by atoms with Gasteiger partial charge in [0.25, 0.3) is 0 Å². The third-order valence-corrected chi connectivity index (χ3v) is 4.50. The summed E-state index contributed by atoms with van der Waals surface area (Å²) in [5.41, 5.74) is 1.72. The number of alkyl halides is 3. The molecule has 0 radical (unpaired) electrons. The van der Waals surface area contributed by atoms with E-state index in [1.54, 1.807) is 49.4 Å². The molecule has 0 heterocycles. The Labute approximate surface area is 160 Å². The van der Waals surface area contributed by atoms with Crippen molar-refractivity contribution in [3.05, 3.63) is 94.3 Å². The van der Waals surface area contributed by atoms with Gasteiger partial charge in [-0.2, -0.15) is 13.2 Å². The first kappa shape index (κ1) is 19.5. The van der Waals surface area contributed by atoms with Gasteiger partial charge in [0.05, 0.1) is 5.56 Å². The van der Waals surface area contributed by atoms with Crippen LogP contribution in [-0.2, 0) is 6.18 Å². The summed E-state index contributed by atoms with van der Waals surface area (Å²) in [7, 11) is 0. The van der Waals surface area contributed by atoms with Gasteiger partial charge in [0, 0.05) is 11.1 Å². The third-order valence-electron chi connectivity index (χ3n) is 4.50. The molecule has 0 aliphatic carbocycles. The maximum Gasteiger partial charge on any atom is 0.416 e. The van der Waals surface area contributed by atoms with E-state index in [1.165, 1.54) is 18.2 Å². The third kappa shape index (κ3) is 4.03. The molecule has 0 spiro atoms. The Morgan fingerprint density at radius 1 is 0.821 bits per heavy atom. The molecule has 0 atom stereocenters. The number of benzene rings is 3. The van der Waals surface area contributed by atoms with Crippen molar-refractivity contribution in [2.24, 2.45) is 0 Å². The zero-order valence-electron chi connectivity index (χ0n) is 14.9. The lowest BCUT2D eigenvalue weighted by atomic mass is 9.95. The van der Waals surface area contributed by atoms with E-state index in [9.17, 15) is 22.4 Å². The van der Waals surface area contributed by atoms with Gasteiger partial charge in [-0.1, -0.05) is 54.6 Å². The summed E-state index contributed by atoms with van der Waals surface area (Å²) < 4.78 is 53.9. The molecule has 0 bridgehead atoms. The molecule has 3 aromatic rings. The first-order valence-electron chi connectivity index (χ1n) is 8.50. The van der Waals surface area contributed by atoms with E-state index < -0.39 is 11.7 Å². The number of hydrogen-bond donors (Lipinski definition) is 0. The molecule has 0 aliphatic heterocycles. The van der Waals surface area contributed by atoms with Crippen molar-refractivity contribution in [2.75, 3.05) is 0 Å². The van der Waals surface area contributed by atoms with Crippen molar-refractivity contribution < 1.29 is 22.4 Å². The molecule has 142 valence electrons. The summed E-state index contributed by atoms with van der Waals surface area (Å²) in [6.45, 7) is 1.79. The molecule has 0 saturated carbocycles. The number of hydrogen-bond acceptors (Lipinski definition) is 1. The molecule has 5 heteroatoms. The van der Waals surface area contributed by atoms with E-state index in [0.29, 0.717) is 23.0 Å². The van der Waals surface area contributed by atoms with Gasteiger partial charge >= 0.3 is 6.18 Å². The minimum atomic E-state index is -4.54. The first-order valence-corrected chi connectivity index (χ1v) is 8.50. The molecule has 0 saturated heterocycles. The highest BCUT2D eigenvalue weighted by Gasteiger charge is 2.32. The Kier molecular flexibility index (Phi) is 5.45. The zero-order valence-corrected chi connectivity index (χ0v) is 14.9. The summed E-state index contributed by atoms with van der Waals surface area (Å²) in [6.07, 6.45) is -1.17. The molecular weight excluding hydrogens is 368 g/mol. The number of rotatable bonds is 4. The Morgan fingerprint density at radius 3 is 2.18 bits per heavy atom.